The predicted molar refractivity (Wildman–Crippen MR) is 136 cm³/mol. The molecule has 0 saturated carbocycles. The van der Waals surface area contributed by atoms with Gasteiger partial charge in [0.25, 0.3) is 10.0 Å². The summed E-state index contributed by atoms with van der Waals surface area (Å²) in [6.07, 6.45) is 3.39. The molecule has 35 heavy (non-hydrogen) atoms. The SMILES string of the molecule is O=C(C1CCCCN1S(=O)(=O)c1ccc(Cl)s1)N(Cc1ccccn1)c1nc2ccc(F)cc2s1. The predicted octanol–water partition coefficient (Wildman–Crippen LogP) is 5.32. The van der Waals surface area contributed by atoms with Crippen LogP contribution in [0.15, 0.2) is 58.9 Å². The molecule has 1 atom stereocenters. The van der Waals surface area contributed by atoms with Crippen molar-refractivity contribution in [1.82, 2.24) is 14.3 Å². The van der Waals surface area contributed by atoms with Gasteiger partial charge in [-0.15, -0.1) is 11.3 Å². The second-order valence-electron chi connectivity index (χ2n) is 8.04. The van der Waals surface area contributed by atoms with Crippen LogP contribution < -0.4 is 4.90 Å². The molecule has 1 saturated heterocycles. The van der Waals surface area contributed by atoms with Crippen molar-refractivity contribution in [3.8, 4) is 0 Å². The lowest BCUT2D eigenvalue weighted by atomic mass is 10.0. The van der Waals surface area contributed by atoms with E-state index in [2.05, 4.69) is 9.97 Å². The van der Waals surface area contributed by atoms with E-state index in [0.717, 1.165) is 17.8 Å². The zero-order valence-electron chi connectivity index (χ0n) is 18.3. The Morgan fingerprint density at radius 3 is 2.77 bits per heavy atom. The number of pyridine rings is 1. The number of rotatable bonds is 6. The number of sulfonamides is 1. The number of fused-ring (bicyclic) bond motifs is 1. The van der Waals surface area contributed by atoms with E-state index in [-0.39, 0.29) is 23.2 Å². The van der Waals surface area contributed by atoms with Crippen molar-refractivity contribution < 1.29 is 17.6 Å². The fourth-order valence-corrected chi connectivity index (χ4v) is 8.32. The molecule has 182 valence electrons. The van der Waals surface area contributed by atoms with E-state index in [0.29, 0.717) is 38.2 Å². The van der Waals surface area contributed by atoms with E-state index < -0.39 is 21.9 Å². The monoisotopic (exact) mass is 550 g/mol. The van der Waals surface area contributed by atoms with Gasteiger partial charge in [0.2, 0.25) is 5.91 Å². The highest BCUT2D eigenvalue weighted by molar-refractivity contribution is 7.91. The molecule has 1 fully saturated rings. The minimum atomic E-state index is -3.92. The highest BCUT2D eigenvalue weighted by atomic mass is 35.5. The molecule has 0 N–H and O–H groups in total. The van der Waals surface area contributed by atoms with E-state index in [1.165, 1.54) is 44.8 Å². The van der Waals surface area contributed by atoms with Gasteiger partial charge in [0.05, 0.1) is 26.8 Å². The lowest BCUT2D eigenvalue weighted by Gasteiger charge is -2.35. The molecule has 0 spiro atoms. The number of aromatic nitrogens is 2. The third kappa shape index (κ3) is 4.96. The van der Waals surface area contributed by atoms with Crippen LogP contribution in [0.5, 0.6) is 0 Å². The number of thiophene rings is 1. The van der Waals surface area contributed by atoms with E-state index >= 15 is 0 Å². The number of hydrogen-bond acceptors (Lipinski definition) is 7. The van der Waals surface area contributed by atoms with Crippen LogP contribution in [-0.4, -0.2) is 41.2 Å². The first-order valence-electron chi connectivity index (χ1n) is 10.9. The van der Waals surface area contributed by atoms with Crippen molar-refractivity contribution in [3.63, 3.8) is 0 Å². The Hall–Kier alpha value is -2.44. The Labute approximate surface area is 214 Å². The van der Waals surface area contributed by atoms with Gasteiger partial charge in [0.1, 0.15) is 16.1 Å². The van der Waals surface area contributed by atoms with Crippen LogP contribution in [0.25, 0.3) is 10.2 Å². The van der Waals surface area contributed by atoms with E-state index in [1.54, 1.807) is 24.4 Å². The molecule has 12 heteroatoms. The lowest BCUT2D eigenvalue weighted by Crippen LogP contribution is -2.52. The summed E-state index contributed by atoms with van der Waals surface area (Å²) in [6, 6.07) is 11.7. The minimum absolute atomic E-state index is 0.105. The summed E-state index contributed by atoms with van der Waals surface area (Å²) in [6.45, 7) is 0.341. The average molecular weight is 551 g/mol. The fraction of sp³-hybridized carbons (Fsp3) is 0.261. The number of benzene rings is 1. The van der Waals surface area contributed by atoms with Crippen LogP contribution in [-0.2, 0) is 21.4 Å². The van der Waals surface area contributed by atoms with Crippen molar-refractivity contribution in [2.24, 2.45) is 0 Å². The normalized spacial score (nSPS) is 17.0. The molecule has 1 unspecified atom stereocenters. The molecule has 1 aliphatic heterocycles. The van der Waals surface area contributed by atoms with Crippen LogP contribution in [0.3, 0.4) is 0 Å². The number of halogens is 2. The van der Waals surface area contributed by atoms with Crippen LogP contribution >= 0.6 is 34.3 Å². The van der Waals surface area contributed by atoms with E-state index in [1.807, 2.05) is 6.07 Å². The van der Waals surface area contributed by atoms with Crippen LogP contribution in [0, 0.1) is 5.82 Å². The topological polar surface area (TPSA) is 83.5 Å². The molecule has 4 aromatic rings. The second-order valence-corrected chi connectivity index (χ2v) is 12.9. The summed E-state index contributed by atoms with van der Waals surface area (Å²) in [7, 11) is -3.92. The van der Waals surface area contributed by atoms with Gasteiger partial charge >= 0.3 is 0 Å². The third-order valence-electron chi connectivity index (χ3n) is 5.73. The van der Waals surface area contributed by atoms with Crippen molar-refractivity contribution >= 4 is 65.6 Å². The number of amides is 1. The number of hydrogen-bond donors (Lipinski definition) is 0. The average Bonchev–Trinajstić information content (AvgIpc) is 3.49. The zero-order valence-corrected chi connectivity index (χ0v) is 21.5. The van der Waals surface area contributed by atoms with Crippen molar-refractivity contribution in [2.75, 3.05) is 11.4 Å². The molecular weight excluding hydrogens is 531 g/mol. The maximum Gasteiger partial charge on any atom is 0.253 e. The van der Waals surface area contributed by atoms with Crippen molar-refractivity contribution in [3.05, 3.63) is 70.6 Å². The standard InChI is InChI=1S/C23H20ClFN4O3S3/c24-20-9-10-21(34-20)35(31,32)29-12-4-2-6-18(29)22(30)28(14-16-5-1-3-11-26-16)23-27-17-8-7-15(25)13-19(17)33-23/h1,3,5,7-11,13,18H,2,4,6,12,14H2. The number of piperidine rings is 1. The summed E-state index contributed by atoms with van der Waals surface area (Å²) < 4.78 is 43.0. The van der Waals surface area contributed by atoms with E-state index in [4.69, 9.17) is 11.6 Å². The number of anilines is 1. The smallest absolute Gasteiger partial charge is 0.253 e. The first-order valence-corrected chi connectivity index (χ1v) is 14.3. The molecule has 5 rings (SSSR count). The highest BCUT2D eigenvalue weighted by Gasteiger charge is 2.41. The largest absolute Gasteiger partial charge is 0.281 e. The molecular formula is C23H20ClFN4O3S3. The number of carbonyl (C=O) groups is 1. The maximum absolute atomic E-state index is 14.0. The Morgan fingerprint density at radius 1 is 1.17 bits per heavy atom. The first-order chi connectivity index (χ1) is 16.8. The van der Waals surface area contributed by atoms with Gasteiger partial charge < -0.3 is 0 Å². The minimum Gasteiger partial charge on any atom is -0.281 e. The van der Waals surface area contributed by atoms with E-state index in [9.17, 15) is 17.6 Å². The van der Waals surface area contributed by atoms with Crippen LogP contribution in [0.4, 0.5) is 9.52 Å². The quantitative estimate of drug-likeness (QED) is 0.324. The molecule has 4 heterocycles. The zero-order chi connectivity index (χ0) is 24.6. The summed E-state index contributed by atoms with van der Waals surface area (Å²) >= 11 is 8.15. The molecule has 3 aromatic heterocycles. The first kappa shape index (κ1) is 24.3. The number of nitrogens with zero attached hydrogens (tertiary/aromatic N) is 4. The van der Waals surface area contributed by atoms with Crippen molar-refractivity contribution in [2.45, 2.75) is 36.1 Å². The lowest BCUT2D eigenvalue weighted by molar-refractivity contribution is -0.123. The molecule has 1 amide bonds. The Kier molecular flexibility index (Phi) is 6.86. The van der Waals surface area contributed by atoms with Crippen LogP contribution in [0.1, 0.15) is 25.0 Å². The summed E-state index contributed by atoms with van der Waals surface area (Å²) in [5.74, 6) is -0.782. The summed E-state index contributed by atoms with van der Waals surface area (Å²) in [4.78, 5) is 24.4. The second kappa shape index (κ2) is 9.90. The van der Waals surface area contributed by atoms with Gasteiger partial charge in [-0.05, 0) is 55.3 Å². The van der Waals surface area contributed by atoms with Crippen molar-refractivity contribution in [1.29, 1.82) is 0 Å². The molecule has 7 nitrogen and oxygen atoms in total. The molecule has 1 aromatic carbocycles. The Morgan fingerprint density at radius 2 is 2.03 bits per heavy atom. The molecule has 0 radical (unpaired) electrons. The van der Waals surface area contributed by atoms with Gasteiger partial charge in [-0.3, -0.25) is 14.7 Å². The van der Waals surface area contributed by atoms with Crippen LogP contribution in [0.2, 0.25) is 4.34 Å². The van der Waals surface area contributed by atoms with Gasteiger partial charge in [-0.25, -0.2) is 17.8 Å². The Bertz CT molecular complexity index is 1480. The highest BCUT2D eigenvalue weighted by Crippen LogP contribution is 2.35. The number of thiazole rings is 1. The summed E-state index contributed by atoms with van der Waals surface area (Å²) in [5.41, 5.74) is 1.19. The summed E-state index contributed by atoms with van der Waals surface area (Å²) in [5, 5.41) is 0.364. The van der Waals surface area contributed by atoms with Gasteiger partial charge in [-0.1, -0.05) is 35.4 Å². The number of carbonyl (C=O) groups excluding carboxylic acids is 1. The molecule has 0 aliphatic carbocycles. The molecule has 0 bridgehead atoms. The van der Waals surface area contributed by atoms with Gasteiger partial charge in [0, 0.05) is 12.7 Å². The van der Waals surface area contributed by atoms with Gasteiger partial charge in [0.15, 0.2) is 5.13 Å². The fourth-order valence-electron chi connectivity index (χ4n) is 4.07. The molecule has 1 aliphatic rings. The third-order valence-corrected chi connectivity index (χ3v) is 10.4. The van der Waals surface area contributed by atoms with Gasteiger partial charge in [-0.2, -0.15) is 4.31 Å². The maximum atomic E-state index is 14.0. The Balaban J connectivity index is 1.54.